The highest BCUT2D eigenvalue weighted by Gasteiger charge is 2.49. The summed E-state index contributed by atoms with van der Waals surface area (Å²) in [5.41, 5.74) is 0. The number of hydrogen-bond acceptors (Lipinski definition) is 1. The van der Waals surface area contributed by atoms with Crippen LogP contribution in [0.1, 0.15) is 0 Å². The van der Waals surface area contributed by atoms with Crippen molar-refractivity contribution in [3.05, 3.63) is 17.2 Å². The zero-order valence-electron chi connectivity index (χ0n) is 5.67. The third kappa shape index (κ3) is 1.33. The Balaban J connectivity index is 2.78. The highest BCUT2D eigenvalue weighted by Crippen LogP contribution is 2.27. The highest BCUT2D eigenvalue weighted by atomic mass is 19.4. The lowest BCUT2D eigenvalue weighted by atomic mass is 10.3. The van der Waals surface area contributed by atoms with Crippen molar-refractivity contribution in [2.45, 2.75) is 12.2 Å². The van der Waals surface area contributed by atoms with E-state index in [4.69, 9.17) is 0 Å². The van der Waals surface area contributed by atoms with Gasteiger partial charge in [-0.2, -0.15) is 13.2 Å². The third-order valence-electron chi connectivity index (χ3n) is 1.44. The van der Waals surface area contributed by atoms with Crippen molar-refractivity contribution in [3.8, 4) is 0 Å². The standard InChI is InChI=1S/C5H6F3N2O/c1-9-4(5(6,7)8)2-3-10(9)11/h2-4H,1H3/q+1. The second kappa shape index (κ2) is 2.21. The molecule has 0 aromatic rings. The van der Waals surface area contributed by atoms with Crippen LogP contribution in [0.3, 0.4) is 0 Å². The Bertz CT molecular complexity index is 210. The van der Waals surface area contributed by atoms with Gasteiger partial charge in [-0.25, -0.2) is 0 Å². The first kappa shape index (κ1) is 8.03. The van der Waals surface area contributed by atoms with Gasteiger partial charge in [0.2, 0.25) is 6.04 Å². The number of hydrazine groups is 1. The minimum absolute atomic E-state index is 0.151. The van der Waals surface area contributed by atoms with E-state index in [-0.39, 0.29) is 4.87 Å². The Morgan fingerprint density at radius 3 is 2.27 bits per heavy atom. The van der Waals surface area contributed by atoms with Crippen molar-refractivity contribution in [2.75, 3.05) is 7.05 Å². The van der Waals surface area contributed by atoms with Crippen LogP contribution < -0.4 is 0 Å². The second-order valence-corrected chi connectivity index (χ2v) is 2.20. The SMILES string of the molecule is CN1C(C(F)(F)F)C=C[N+]1=O. The fourth-order valence-electron chi connectivity index (χ4n) is 0.828. The van der Waals surface area contributed by atoms with E-state index in [1.165, 1.54) is 0 Å². The molecule has 0 spiro atoms. The summed E-state index contributed by atoms with van der Waals surface area (Å²) in [7, 11) is 1.09. The molecule has 0 saturated heterocycles. The van der Waals surface area contributed by atoms with Crippen LogP contribution in [0.25, 0.3) is 0 Å². The Hall–Kier alpha value is -1.07. The molecule has 1 unspecified atom stereocenters. The zero-order valence-corrected chi connectivity index (χ0v) is 5.67. The predicted octanol–water partition coefficient (Wildman–Crippen LogP) is 1.07. The van der Waals surface area contributed by atoms with Gasteiger partial charge in [-0.3, -0.25) is 0 Å². The Labute approximate surface area is 60.6 Å². The summed E-state index contributed by atoms with van der Waals surface area (Å²) in [5.74, 6) is 0. The van der Waals surface area contributed by atoms with Gasteiger partial charge in [0.1, 0.15) is 0 Å². The lowest BCUT2D eigenvalue weighted by molar-refractivity contribution is -0.649. The first-order valence-corrected chi connectivity index (χ1v) is 2.87. The maximum absolute atomic E-state index is 11.9. The lowest BCUT2D eigenvalue weighted by Crippen LogP contribution is -2.41. The number of likely N-dealkylation sites (N-methyl/N-ethyl adjacent to an activating group) is 1. The van der Waals surface area contributed by atoms with Crippen LogP contribution in [0, 0.1) is 4.91 Å². The summed E-state index contributed by atoms with van der Waals surface area (Å²) in [4.78, 5) is 10.6. The van der Waals surface area contributed by atoms with Crippen LogP contribution in [0.2, 0.25) is 0 Å². The molecule has 62 valence electrons. The van der Waals surface area contributed by atoms with Gasteiger partial charge in [-0.05, 0) is 0 Å². The summed E-state index contributed by atoms with van der Waals surface area (Å²) < 4.78 is 35.8. The zero-order chi connectivity index (χ0) is 8.65. The average Bonchev–Trinajstić information content (AvgIpc) is 2.11. The first-order valence-electron chi connectivity index (χ1n) is 2.87. The van der Waals surface area contributed by atoms with E-state index >= 15 is 0 Å². The molecule has 0 saturated carbocycles. The molecule has 0 aromatic heterocycles. The van der Waals surface area contributed by atoms with Crippen molar-refractivity contribution in [2.24, 2.45) is 0 Å². The van der Waals surface area contributed by atoms with Crippen LogP contribution in [-0.4, -0.2) is 29.1 Å². The van der Waals surface area contributed by atoms with Crippen LogP contribution in [0.4, 0.5) is 13.2 Å². The number of nitrogens with zero attached hydrogens (tertiary/aromatic N) is 2. The van der Waals surface area contributed by atoms with E-state index in [0.29, 0.717) is 5.01 Å². The average molecular weight is 167 g/mol. The topological polar surface area (TPSA) is 23.3 Å². The molecular formula is C5H6F3N2O+. The number of halogens is 3. The number of nitroso groups, excluding NO2 is 1. The van der Waals surface area contributed by atoms with E-state index < -0.39 is 12.2 Å². The van der Waals surface area contributed by atoms with Crippen LogP contribution >= 0.6 is 0 Å². The Morgan fingerprint density at radius 1 is 1.55 bits per heavy atom. The Kier molecular flexibility index (Phi) is 1.62. The van der Waals surface area contributed by atoms with Gasteiger partial charge >= 0.3 is 6.18 Å². The van der Waals surface area contributed by atoms with Gasteiger partial charge in [0.05, 0.1) is 12.0 Å². The largest absolute Gasteiger partial charge is 0.418 e. The van der Waals surface area contributed by atoms with Crippen molar-refractivity contribution < 1.29 is 18.0 Å². The summed E-state index contributed by atoms with van der Waals surface area (Å²) in [6.45, 7) is 0. The minimum atomic E-state index is -4.37. The molecule has 1 rings (SSSR count). The quantitative estimate of drug-likeness (QED) is 0.504. The molecule has 6 heteroatoms. The molecule has 1 aliphatic heterocycles. The van der Waals surface area contributed by atoms with Gasteiger partial charge in [-0.15, -0.1) is 5.01 Å². The van der Waals surface area contributed by atoms with Gasteiger partial charge < -0.3 is 0 Å². The van der Waals surface area contributed by atoms with Crippen LogP contribution in [0.5, 0.6) is 0 Å². The van der Waals surface area contributed by atoms with Crippen molar-refractivity contribution in [1.29, 1.82) is 0 Å². The number of alkyl halides is 3. The fourth-order valence-corrected chi connectivity index (χ4v) is 0.828. The molecule has 3 nitrogen and oxygen atoms in total. The number of hydrogen-bond donors (Lipinski definition) is 0. The molecule has 0 bridgehead atoms. The van der Waals surface area contributed by atoms with E-state index in [1.54, 1.807) is 0 Å². The molecule has 1 heterocycles. The van der Waals surface area contributed by atoms with Gasteiger partial charge in [-0.1, -0.05) is 0 Å². The molecular weight excluding hydrogens is 161 g/mol. The van der Waals surface area contributed by atoms with E-state index in [2.05, 4.69) is 0 Å². The molecule has 0 aromatic carbocycles. The molecule has 0 fully saturated rings. The second-order valence-electron chi connectivity index (χ2n) is 2.20. The summed E-state index contributed by atoms with van der Waals surface area (Å²) in [5, 5.41) is 0.569. The summed E-state index contributed by atoms with van der Waals surface area (Å²) in [6, 6.07) is -1.78. The molecule has 1 atom stereocenters. The van der Waals surface area contributed by atoms with E-state index in [9.17, 15) is 18.1 Å². The monoisotopic (exact) mass is 167 g/mol. The minimum Gasteiger partial charge on any atom is -0.168 e. The smallest absolute Gasteiger partial charge is 0.168 e. The molecule has 0 aliphatic carbocycles. The molecule has 0 amide bonds. The van der Waals surface area contributed by atoms with Gasteiger partial charge in [0.15, 0.2) is 4.87 Å². The Morgan fingerprint density at radius 2 is 2.09 bits per heavy atom. The lowest BCUT2D eigenvalue weighted by Gasteiger charge is -2.14. The fraction of sp³-hybridized carbons (Fsp3) is 0.600. The predicted molar refractivity (Wildman–Crippen MR) is 30.4 cm³/mol. The number of rotatable bonds is 0. The van der Waals surface area contributed by atoms with Crippen molar-refractivity contribution in [3.63, 3.8) is 0 Å². The van der Waals surface area contributed by atoms with Crippen molar-refractivity contribution in [1.82, 2.24) is 5.01 Å². The first-order chi connectivity index (χ1) is 4.93. The maximum atomic E-state index is 11.9. The maximum Gasteiger partial charge on any atom is 0.418 e. The van der Waals surface area contributed by atoms with Gasteiger partial charge in [0.25, 0.3) is 6.20 Å². The summed E-state index contributed by atoms with van der Waals surface area (Å²) >= 11 is 0. The third-order valence-corrected chi connectivity index (χ3v) is 1.44. The normalized spacial score (nSPS) is 24.9. The van der Waals surface area contributed by atoms with E-state index in [0.717, 1.165) is 19.3 Å². The molecule has 0 radical (unpaired) electrons. The molecule has 11 heavy (non-hydrogen) atoms. The van der Waals surface area contributed by atoms with Crippen LogP contribution in [-0.2, 0) is 0 Å². The highest BCUT2D eigenvalue weighted by molar-refractivity contribution is 4.95. The van der Waals surface area contributed by atoms with Crippen LogP contribution in [0.15, 0.2) is 12.3 Å². The van der Waals surface area contributed by atoms with Gasteiger partial charge in [0, 0.05) is 6.08 Å². The molecule has 0 N–H and O–H groups in total. The summed E-state index contributed by atoms with van der Waals surface area (Å²) in [6.07, 6.45) is -2.71. The van der Waals surface area contributed by atoms with Crippen molar-refractivity contribution >= 4 is 0 Å². The van der Waals surface area contributed by atoms with E-state index in [1.807, 2.05) is 0 Å². The molecule has 1 aliphatic rings.